The van der Waals surface area contributed by atoms with Gasteiger partial charge < -0.3 is 10.6 Å². The lowest BCUT2D eigenvalue weighted by atomic mass is 10.1. The molecule has 2 fully saturated rings. The summed E-state index contributed by atoms with van der Waals surface area (Å²) in [6, 6.07) is 2.21. The molecule has 1 amide bonds. The molecule has 6 heteroatoms. The Morgan fingerprint density at radius 1 is 1.50 bits per heavy atom. The lowest BCUT2D eigenvalue weighted by Crippen LogP contribution is -2.32. The van der Waals surface area contributed by atoms with E-state index < -0.39 is 0 Å². The number of nitrogens with zero attached hydrogens (tertiary/aromatic N) is 2. The minimum atomic E-state index is -0.0416. The first-order valence-corrected chi connectivity index (χ1v) is 8.53. The maximum absolute atomic E-state index is 12.1. The number of piperidine rings is 1. The molecular weight excluding hydrogens is 272 g/mol. The van der Waals surface area contributed by atoms with Gasteiger partial charge in [0.1, 0.15) is 5.69 Å². The molecule has 2 aliphatic heterocycles. The largest absolute Gasteiger partial charge is 0.350 e. The van der Waals surface area contributed by atoms with Gasteiger partial charge in [-0.15, -0.1) is 0 Å². The van der Waals surface area contributed by atoms with E-state index in [-0.39, 0.29) is 5.91 Å². The molecule has 110 valence electrons. The van der Waals surface area contributed by atoms with Crippen molar-refractivity contribution in [3.8, 4) is 0 Å². The number of thioether (sulfide) groups is 1. The second-order valence-electron chi connectivity index (χ2n) is 5.53. The zero-order chi connectivity index (χ0) is 13.8. The predicted molar refractivity (Wildman–Crippen MR) is 81.2 cm³/mol. The normalized spacial score (nSPS) is 26.6. The number of nitrogens with one attached hydrogen (secondary N) is 2. The fraction of sp³-hybridized carbons (Fsp3) is 0.714. The third-order valence-corrected chi connectivity index (χ3v) is 5.40. The summed E-state index contributed by atoms with van der Waals surface area (Å²) < 4.78 is 1.94. The molecule has 2 aliphatic rings. The van der Waals surface area contributed by atoms with Gasteiger partial charge >= 0.3 is 0 Å². The molecule has 2 N–H and O–H groups in total. The number of hydrogen-bond donors (Lipinski definition) is 2. The van der Waals surface area contributed by atoms with E-state index in [9.17, 15) is 4.79 Å². The van der Waals surface area contributed by atoms with Crippen molar-refractivity contribution in [2.75, 3.05) is 25.4 Å². The number of hydrogen-bond acceptors (Lipinski definition) is 4. The highest BCUT2D eigenvalue weighted by molar-refractivity contribution is 8.00. The van der Waals surface area contributed by atoms with Crippen molar-refractivity contribution in [3.63, 3.8) is 0 Å². The Hall–Kier alpha value is -1.01. The lowest BCUT2D eigenvalue weighted by Gasteiger charge is -2.22. The minimum Gasteiger partial charge on any atom is -0.350 e. The van der Waals surface area contributed by atoms with E-state index in [4.69, 9.17) is 0 Å². The third kappa shape index (κ3) is 3.35. The highest BCUT2D eigenvalue weighted by Gasteiger charge is 2.19. The topological polar surface area (TPSA) is 59.0 Å². The highest BCUT2D eigenvalue weighted by Crippen LogP contribution is 2.25. The summed E-state index contributed by atoms with van der Waals surface area (Å²) in [5.74, 6) is 1.18. The van der Waals surface area contributed by atoms with Crippen LogP contribution in [0.15, 0.2) is 12.3 Å². The summed E-state index contributed by atoms with van der Waals surface area (Å²) in [5, 5.41) is 11.4. The molecule has 0 saturated carbocycles. The fourth-order valence-electron chi connectivity index (χ4n) is 2.82. The van der Waals surface area contributed by atoms with E-state index in [1.807, 2.05) is 28.7 Å². The summed E-state index contributed by atoms with van der Waals surface area (Å²) >= 11 is 1.96. The van der Waals surface area contributed by atoms with Crippen LogP contribution < -0.4 is 10.6 Å². The molecule has 0 spiro atoms. The van der Waals surface area contributed by atoms with Gasteiger partial charge in [0, 0.05) is 24.5 Å². The number of aromatic nitrogens is 2. The first-order valence-electron chi connectivity index (χ1n) is 7.48. The molecular formula is C14H22N4OS. The van der Waals surface area contributed by atoms with Gasteiger partial charge in [-0.1, -0.05) is 0 Å². The van der Waals surface area contributed by atoms with Crippen LogP contribution in [0.5, 0.6) is 0 Å². The molecule has 0 aliphatic carbocycles. The molecule has 1 aromatic rings. The van der Waals surface area contributed by atoms with Crippen LogP contribution in [0.1, 0.15) is 42.2 Å². The fourth-order valence-corrected chi connectivity index (χ4v) is 4.03. The van der Waals surface area contributed by atoms with Crippen molar-refractivity contribution in [1.82, 2.24) is 20.4 Å². The smallest absolute Gasteiger partial charge is 0.271 e. The van der Waals surface area contributed by atoms with Crippen molar-refractivity contribution in [2.45, 2.75) is 37.0 Å². The van der Waals surface area contributed by atoms with E-state index in [0.29, 0.717) is 17.0 Å². The van der Waals surface area contributed by atoms with E-state index >= 15 is 0 Å². The van der Waals surface area contributed by atoms with Crippen LogP contribution in [0.25, 0.3) is 0 Å². The quantitative estimate of drug-likeness (QED) is 0.882. The van der Waals surface area contributed by atoms with Gasteiger partial charge in [0.25, 0.3) is 5.91 Å². The zero-order valence-electron chi connectivity index (χ0n) is 11.7. The standard InChI is InChI=1S/C14H22N4OS/c19-14(16-10-12-4-2-8-20-12)13-5-7-18(17-13)11-3-1-6-15-9-11/h5,7,11-12,15H,1-4,6,8-10H2,(H,16,19)/t11-,12-/m1/s1. The number of rotatable bonds is 4. The Bertz CT molecular complexity index is 450. The van der Waals surface area contributed by atoms with Gasteiger partial charge in [0.2, 0.25) is 0 Å². The monoisotopic (exact) mass is 294 g/mol. The Balaban J connectivity index is 1.53. The van der Waals surface area contributed by atoms with E-state index in [2.05, 4.69) is 15.7 Å². The van der Waals surface area contributed by atoms with Crippen molar-refractivity contribution >= 4 is 17.7 Å². The van der Waals surface area contributed by atoms with Crippen LogP contribution in [0, 0.1) is 0 Å². The van der Waals surface area contributed by atoms with Crippen molar-refractivity contribution < 1.29 is 4.79 Å². The van der Waals surface area contributed by atoms with Crippen LogP contribution in [-0.4, -0.2) is 46.3 Å². The molecule has 3 rings (SSSR count). The number of carbonyl (C=O) groups is 1. The van der Waals surface area contributed by atoms with E-state index in [0.717, 1.165) is 26.1 Å². The van der Waals surface area contributed by atoms with Crippen LogP contribution in [-0.2, 0) is 0 Å². The van der Waals surface area contributed by atoms with Crippen LogP contribution in [0.3, 0.4) is 0 Å². The summed E-state index contributed by atoms with van der Waals surface area (Å²) in [5.41, 5.74) is 0.540. The Labute approximate surface area is 123 Å². The van der Waals surface area contributed by atoms with E-state index in [1.54, 1.807) is 0 Å². The Kier molecular flexibility index (Phi) is 4.62. The lowest BCUT2D eigenvalue weighted by molar-refractivity contribution is 0.0947. The van der Waals surface area contributed by atoms with E-state index in [1.165, 1.54) is 25.0 Å². The van der Waals surface area contributed by atoms with Crippen LogP contribution >= 0.6 is 11.8 Å². The average molecular weight is 294 g/mol. The highest BCUT2D eigenvalue weighted by atomic mass is 32.2. The third-order valence-electron chi connectivity index (χ3n) is 4.00. The maximum Gasteiger partial charge on any atom is 0.271 e. The second-order valence-corrected chi connectivity index (χ2v) is 6.93. The molecule has 3 heterocycles. The van der Waals surface area contributed by atoms with Crippen molar-refractivity contribution in [1.29, 1.82) is 0 Å². The SMILES string of the molecule is O=C(NC[C@H]1CCCS1)c1ccn([C@@H]2CCCNC2)n1. The number of carbonyl (C=O) groups excluding carboxylic acids is 1. The van der Waals surface area contributed by atoms with Crippen LogP contribution in [0.4, 0.5) is 0 Å². The molecule has 20 heavy (non-hydrogen) atoms. The second kappa shape index (κ2) is 6.63. The van der Waals surface area contributed by atoms with Crippen molar-refractivity contribution in [2.24, 2.45) is 0 Å². The molecule has 0 bridgehead atoms. The molecule has 0 unspecified atom stereocenters. The molecule has 2 atom stereocenters. The molecule has 0 radical (unpaired) electrons. The minimum absolute atomic E-state index is 0.0416. The van der Waals surface area contributed by atoms with Crippen molar-refractivity contribution in [3.05, 3.63) is 18.0 Å². The van der Waals surface area contributed by atoms with Gasteiger partial charge in [-0.3, -0.25) is 9.48 Å². The summed E-state index contributed by atoms with van der Waals surface area (Å²) in [4.78, 5) is 12.1. The van der Waals surface area contributed by atoms with Gasteiger partial charge in [-0.2, -0.15) is 16.9 Å². The van der Waals surface area contributed by atoms with Gasteiger partial charge in [-0.05, 0) is 44.0 Å². The predicted octanol–water partition coefficient (Wildman–Crippen LogP) is 1.43. The molecule has 5 nitrogen and oxygen atoms in total. The summed E-state index contributed by atoms with van der Waals surface area (Å²) in [7, 11) is 0. The average Bonchev–Trinajstić information content (AvgIpc) is 3.17. The van der Waals surface area contributed by atoms with Crippen LogP contribution in [0.2, 0.25) is 0 Å². The Morgan fingerprint density at radius 3 is 3.20 bits per heavy atom. The van der Waals surface area contributed by atoms with Gasteiger partial charge in [0.05, 0.1) is 6.04 Å². The van der Waals surface area contributed by atoms with Gasteiger partial charge in [0.15, 0.2) is 0 Å². The first-order chi connectivity index (χ1) is 9.83. The Morgan fingerprint density at radius 2 is 2.45 bits per heavy atom. The molecule has 1 aromatic heterocycles. The molecule has 2 saturated heterocycles. The summed E-state index contributed by atoms with van der Waals surface area (Å²) in [6.07, 6.45) is 6.72. The maximum atomic E-state index is 12.1. The van der Waals surface area contributed by atoms with Gasteiger partial charge in [-0.25, -0.2) is 0 Å². The zero-order valence-corrected chi connectivity index (χ0v) is 12.5. The summed E-state index contributed by atoms with van der Waals surface area (Å²) in [6.45, 7) is 2.80. The number of amides is 1. The molecule has 0 aromatic carbocycles. The first kappa shape index (κ1) is 13.9.